The number of anilines is 1. The summed E-state index contributed by atoms with van der Waals surface area (Å²) in [4.78, 5) is 0. The monoisotopic (exact) mass is 228 g/mol. The van der Waals surface area contributed by atoms with Crippen molar-refractivity contribution in [1.29, 1.82) is 0 Å². The molecule has 0 aromatic carbocycles. The molecule has 0 saturated carbocycles. The lowest BCUT2D eigenvalue weighted by Gasteiger charge is -2.03. The van der Waals surface area contributed by atoms with Crippen molar-refractivity contribution in [1.82, 2.24) is 15.5 Å². The van der Waals surface area contributed by atoms with Crippen LogP contribution in [0.2, 0.25) is 0 Å². The molecule has 0 spiro atoms. The van der Waals surface area contributed by atoms with E-state index in [1.54, 1.807) is 7.11 Å². The first-order valence-corrected chi connectivity index (χ1v) is 5.48. The number of aromatic nitrogens is 2. The van der Waals surface area contributed by atoms with Crippen LogP contribution in [-0.4, -0.2) is 37.0 Å². The number of ether oxygens (including phenoxy) is 1. The lowest BCUT2D eigenvalue weighted by molar-refractivity contribution is 0.210. The summed E-state index contributed by atoms with van der Waals surface area (Å²) in [5.41, 5.74) is 0. The quantitative estimate of drug-likeness (QED) is 0.643. The fourth-order valence-corrected chi connectivity index (χ4v) is 1.12. The molecule has 0 fully saturated rings. The molecule has 92 valence electrons. The lowest BCUT2D eigenvalue weighted by atomic mass is 10.2. The third kappa shape index (κ3) is 5.09. The van der Waals surface area contributed by atoms with Gasteiger partial charge in [0.2, 0.25) is 5.89 Å². The number of nitrogens with zero attached hydrogens (tertiary/aromatic N) is 2. The van der Waals surface area contributed by atoms with Crippen LogP contribution < -0.4 is 10.6 Å². The van der Waals surface area contributed by atoms with Crippen molar-refractivity contribution in [2.75, 3.05) is 32.1 Å². The van der Waals surface area contributed by atoms with Crippen molar-refractivity contribution in [3.8, 4) is 0 Å². The van der Waals surface area contributed by atoms with E-state index >= 15 is 0 Å². The minimum Gasteiger partial charge on any atom is -0.407 e. The van der Waals surface area contributed by atoms with Gasteiger partial charge in [0.15, 0.2) is 0 Å². The smallest absolute Gasteiger partial charge is 0.315 e. The Morgan fingerprint density at radius 2 is 2.19 bits per heavy atom. The molecule has 1 aromatic heterocycles. The van der Waals surface area contributed by atoms with Gasteiger partial charge in [0.1, 0.15) is 0 Å². The molecule has 1 heterocycles. The van der Waals surface area contributed by atoms with Crippen molar-refractivity contribution in [2.24, 2.45) is 5.92 Å². The molecule has 6 nitrogen and oxygen atoms in total. The van der Waals surface area contributed by atoms with Crippen LogP contribution in [-0.2, 0) is 11.3 Å². The summed E-state index contributed by atoms with van der Waals surface area (Å²) in [6.07, 6.45) is 0. The van der Waals surface area contributed by atoms with Crippen LogP contribution in [0.25, 0.3) is 0 Å². The number of rotatable bonds is 8. The van der Waals surface area contributed by atoms with E-state index in [1.807, 2.05) is 0 Å². The molecule has 0 saturated heterocycles. The van der Waals surface area contributed by atoms with E-state index in [0.717, 1.165) is 6.54 Å². The van der Waals surface area contributed by atoms with Crippen molar-refractivity contribution in [3.05, 3.63) is 5.89 Å². The molecule has 6 heteroatoms. The van der Waals surface area contributed by atoms with Crippen LogP contribution in [0, 0.1) is 5.92 Å². The molecular weight excluding hydrogens is 208 g/mol. The molecule has 0 atom stereocenters. The van der Waals surface area contributed by atoms with Crippen LogP contribution in [0.1, 0.15) is 19.7 Å². The summed E-state index contributed by atoms with van der Waals surface area (Å²) in [6.45, 7) is 7.13. The summed E-state index contributed by atoms with van der Waals surface area (Å²) < 4.78 is 10.3. The lowest BCUT2D eigenvalue weighted by Crippen LogP contribution is -2.19. The summed E-state index contributed by atoms with van der Waals surface area (Å²) in [5.74, 6) is 1.21. The number of hydrogen-bond acceptors (Lipinski definition) is 6. The highest BCUT2D eigenvalue weighted by Gasteiger charge is 2.04. The van der Waals surface area contributed by atoms with Gasteiger partial charge in [0.05, 0.1) is 13.2 Å². The normalized spacial score (nSPS) is 11.0. The van der Waals surface area contributed by atoms with Crippen LogP contribution in [0.5, 0.6) is 0 Å². The first-order chi connectivity index (χ1) is 7.72. The zero-order valence-corrected chi connectivity index (χ0v) is 10.1. The zero-order chi connectivity index (χ0) is 11.8. The van der Waals surface area contributed by atoms with E-state index in [2.05, 4.69) is 34.7 Å². The maximum absolute atomic E-state index is 5.36. The van der Waals surface area contributed by atoms with E-state index in [0.29, 0.717) is 37.5 Å². The molecule has 0 unspecified atom stereocenters. The Kier molecular flexibility index (Phi) is 5.81. The van der Waals surface area contributed by atoms with Crippen LogP contribution in [0.4, 0.5) is 6.01 Å². The van der Waals surface area contributed by atoms with Gasteiger partial charge >= 0.3 is 6.01 Å². The predicted molar refractivity (Wildman–Crippen MR) is 61.2 cm³/mol. The Morgan fingerprint density at radius 3 is 2.88 bits per heavy atom. The van der Waals surface area contributed by atoms with Gasteiger partial charge in [-0.25, -0.2) is 0 Å². The Morgan fingerprint density at radius 1 is 1.38 bits per heavy atom. The first kappa shape index (κ1) is 12.9. The SMILES string of the molecule is COCCNc1nnc(CNCC(C)C)o1. The highest BCUT2D eigenvalue weighted by atomic mass is 16.5. The Bertz CT molecular complexity index is 288. The molecule has 1 aromatic rings. The molecule has 0 aliphatic heterocycles. The average molecular weight is 228 g/mol. The van der Waals surface area contributed by atoms with Crippen molar-refractivity contribution < 1.29 is 9.15 Å². The van der Waals surface area contributed by atoms with E-state index in [4.69, 9.17) is 9.15 Å². The second kappa shape index (κ2) is 7.19. The van der Waals surface area contributed by atoms with Gasteiger partial charge in [-0.1, -0.05) is 18.9 Å². The van der Waals surface area contributed by atoms with Gasteiger partial charge in [-0.3, -0.25) is 0 Å². The van der Waals surface area contributed by atoms with Gasteiger partial charge in [0, 0.05) is 13.7 Å². The van der Waals surface area contributed by atoms with Crippen LogP contribution in [0.3, 0.4) is 0 Å². The van der Waals surface area contributed by atoms with Gasteiger partial charge in [-0.2, -0.15) is 0 Å². The number of methoxy groups -OCH3 is 1. The van der Waals surface area contributed by atoms with Gasteiger partial charge < -0.3 is 19.8 Å². The fourth-order valence-electron chi connectivity index (χ4n) is 1.12. The maximum atomic E-state index is 5.36. The first-order valence-electron chi connectivity index (χ1n) is 5.48. The number of nitrogens with one attached hydrogen (secondary N) is 2. The van der Waals surface area contributed by atoms with E-state index in [-0.39, 0.29) is 0 Å². The Labute approximate surface area is 95.8 Å². The molecule has 0 amide bonds. The fraction of sp³-hybridized carbons (Fsp3) is 0.800. The largest absolute Gasteiger partial charge is 0.407 e. The maximum Gasteiger partial charge on any atom is 0.315 e. The molecule has 0 aliphatic carbocycles. The highest BCUT2D eigenvalue weighted by molar-refractivity contribution is 5.16. The molecule has 0 radical (unpaired) electrons. The molecular formula is C10H20N4O2. The third-order valence-electron chi connectivity index (χ3n) is 1.88. The van der Waals surface area contributed by atoms with Gasteiger partial charge in [0.25, 0.3) is 0 Å². The van der Waals surface area contributed by atoms with E-state index in [1.165, 1.54) is 0 Å². The van der Waals surface area contributed by atoms with Crippen molar-refractivity contribution in [3.63, 3.8) is 0 Å². The van der Waals surface area contributed by atoms with Crippen LogP contribution >= 0.6 is 0 Å². The summed E-state index contributed by atoms with van der Waals surface area (Å²) in [5, 5.41) is 14.0. The molecule has 1 rings (SSSR count). The highest BCUT2D eigenvalue weighted by Crippen LogP contribution is 2.04. The molecule has 2 N–H and O–H groups in total. The van der Waals surface area contributed by atoms with Gasteiger partial charge in [-0.15, -0.1) is 5.10 Å². The Balaban J connectivity index is 2.22. The molecule has 0 aliphatic rings. The van der Waals surface area contributed by atoms with Crippen LogP contribution in [0.15, 0.2) is 4.42 Å². The van der Waals surface area contributed by atoms with Crippen molar-refractivity contribution in [2.45, 2.75) is 20.4 Å². The minimum absolute atomic E-state index is 0.443. The average Bonchev–Trinajstić information content (AvgIpc) is 2.66. The van der Waals surface area contributed by atoms with E-state index < -0.39 is 0 Å². The topological polar surface area (TPSA) is 72.2 Å². The second-order valence-corrected chi connectivity index (χ2v) is 3.95. The predicted octanol–water partition coefficient (Wildman–Crippen LogP) is 0.873. The summed E-state index contributed by atoms with van der Waals surface area (Å²) >= 11 is 0. The molecule has 16 heavy (non-hydrogen) atoms. The molecule has 0 bridgehead atoms. The standard InChI is InChI=1S/C10H20N4O2/c1-8(2)6-11-7-9-13-14-10(16-9)12-4-5-15-3/h8,11H,4-7H2,1-3H3,(H,12,14). The zero-order valence-electron chi connectivity index (χ0n) is 10.1. The number of hydrogen-bond donors (Lipinski definition) is 2. The summed E-state index contributed by atoms with van der Waals surface area (Å²) in [7, 11) is 1.65. The van der Waals surface area contributed by atoms with Gasteiger partial charge in [-0.05, 0) is 12.5 Å². The minimum atomic E-state index is 0.443. The summed E-state index contributed by atoms with van der Waals surface area (Å²) in [6, 6.07) is 0.443. The second-order valence-electron chi connectivity index (χ2n) is 3.95. The third-order valence-corrected chi connectivity index (χ3v) is 1.88. The Hall–Kier alpha value is -1.14. The van der Waals surface area contributed by atoms with Crippen molar-refractivity contribution >= 4 is 6.01 Å². The van der Waals surface area contributed by atoms with E-state index in [9.17, 15) is 0 Å².